The lowest BCUT2D eigenvalue weighted by Gasteiger charge is -2.12. The Morgan fingerprint density at radius 3 is 2.50 bits per heavy atom. The number of pyridine rings is 1. The summed E-state index contributed by atoms with van der Waals surface area (Å²) in [4.78, 5) is 16.2. The van der Waals surface area contributed by atoms with E-state index in [2.05, 4.69) is 10.3 Å². The molecule has 1 aromatic carbocycles. The Balaban J connectivity index is 2.27. The number of nitrogens with zero attached hydrogens (tertiary/aromatic N) is 1. The molecule has 0 saturated carbocycles. The largest absolute Gasteiger partial charge is 0.497 e. The maximum absolute atomic E-state index is 12.3. The standard InChI is InChI=1S/C15H15ClN2O4/c1-20-10-4-5-11(12(8-10)21-2)17-15(19)9-6-13(16)18-14(7-9)22-3/h4-8H,1-3H3,(H,17,19). The van der Waals surface area contributed by atoms with Crippen molar-refractivity contribution in [2.45, 2.75) is 0 Å². The van der Waals surface area contributed by atoms with Gasteiger partial charge in [-0.05, 0) is 18.2 Å². The van der Waals surface area contributed by atoms with Crippen molar-refractivity contribution in [1.29, 1.82) is 0 Å². The first kappa shape index (κ1) is 15.9. The molecule has 6 nitrogen and oxygen atoms in total. The van der Waals surface area contributed by atoms with Gasteiger partial charge in [0.1, 0.15) is 16.7 Å². The number of methoxy groups -OCH3 is 3. The first-order valence-corrected chi connectivity index (χ1v) is 6.70. The van der Waals surface area contributed by atoms with Crippen molar-refractivity contribution in [3.8, 4) is 17.4 Å². The number of rotatable bonds is 5. The van der Waals surface area contributed by atoms with E-state index < -0.39 is 0 Å². The number of ether oxygens (including phenoxy) is 3. The molecule has 0 aliphatic carbocycles. The number of aromatic nitrogens is 1. The quantitative estimate of drug-likeness (QED) is 0.857. The number of halogens is 1. The number of amides is 1. The summed E-state index contributed by atoms with van der Waals surface area (Å²) in [6, 6.07) is 8.04. The smallest absolute Gasteiger partial charge is 0.256 e. The molecule has 0 atom stereocenters. The molecule has 2 rings (SSSR count). The average Bonchev–Trinajstić information content (AvgIpc) is 2.54. The number of carbonyl (C=O) groups is 1. The SMILES string of the molecule is COc1ccc(NC(=O)c2cc(Cl)nc(OC)c2)c(OC)c1. The third-order valence-electron chi connectivity index (χ3n) is 2.90. The average molecular weight is 323 g/mol. The maximum Gasteiger partial charge on any atom is 0.256 e. The van der Waals surface area contributed by atoms with E-state index in [4.69, 9.17) is 25.8 Å². The number of benzene rings is 1. The number of carbonyl (C=O) groups excluding carboxylic acids is 1. The molecule has 0 unspecified atom stereocenters. The van der Waals surface area contributed by atoms with Crippen LogP contribution >= 0.6 is 11.6 Å². The van der Waals surface area contributed by atoms with Crippen LogP contribution in [0.2, 0.25) is 5.15 Å². The molecule has 1 amide bonds. The molecule has 0 fully saturated rings. The third-order valence-corrected chi connectivity index (χ3v) is 3.09. The van der Waals surface area contributed by atoms with Crippen LogP contribution in [0.25, 0.3) is 0 Å². The number of hydrogen-bond acceptors (Lipinski definition) is 5. The molecule has 1 aromatic heterocycles. The molecule has 1 heterocycles. The first-order valence-electron chi connectivity index (χ1n) is 6.32. The van der Waals surface area contributed by atoms with Crippen molar-refractivity contribution >= 4 is 23.2 Å². The van der Waals surface area contributed by atoms with E-state index in [0.29, 0.717) is 22.7 Å². The van der Waals surface area contributed by atoms with Gasteiger partial charge < -0.3 is 19.5 Å². The molecule has 22 heavy (non-hydrogen) atoms. The Morgan fingerprint density at radius 2 is 1.86 bits per heavy atom. The van der Waals surface area contributed by atoms with Gasteiger partial charge in [-0.15, -0.1) is 0 Å². The fourth-order valence-corrected chi connectivity index (χ4v) is 2.01. The molecular formula is C15H15ClN2O4. The van der Waals surface area contributed by atoms with Crippen LogP contribution in [0.5, 0.6) is 17.4 Å². The van der Waals surface area contributed by atoms with Gasteiger partial charge in [0.05, 0.1) is 27.0 Å². The van der Waals surface area contributed by atoms with Gasteiger partial charge in [0.2, 0.25) is 5.88 Å². The molecule has 1 N–H and O–H groups in total. The first-order chi connectivity index (χ1) is 10.6. The fraction of sp³-hybridized carbons (Fsp3) is 0.200. The van der Waals surface area contributed by atoms with Gasteiger partial charge in [-0.2, -0.15) is 0 Å². The van der Waals surface area contributed by atoms with E-state index in [0.717, 1.165) is 0 Å². The molecule has 2 aromatic rings. The minimum atomic E-state index is -0.355. The lowest BCUT2D eigenvalue weighted by Crippen LogP contribution is -2.13. The summed E-state index contributed by atoms with van der Waals surface area (Å²) in [5.41, 5.74) is 0.843. The molecule has 116 valence electrons. The van der Waals surface area contributed by atoms with Crippen molar-refractivity contribution in [3.05, 3.63) is 41.0 Å². The Labute approximate surface area is 133 Å². The van der Waals surface area contributed by atoms with Gasteiger partial charge in [0, 0.05) is 17.7 Å². The zero-order valence-electron chi connectivity index (χ0n) is 12.3. The van der Waals surface area contributed by atoms with Crippen molar-refractivity contribution in [3.63, 3.8) is 0 Å². The molecular weight excluding hydrogens is 308 g/mol. The van der Waals surface area contributed by atoms with E-state index >= 15 is 0 Å². The Morgan fingerprint density at radius 1 is 1.09 bits per heavy atom. The van der Waals surface area contributed by atoms with Crippen LogP contribution in [0.3, 0.4) is 0 Å². The van der Waals surface area contributed by atoms with E-state index in [1.807, 2.05) is 0 Å². The monoisotopic (exact) mass is 322 g/mol. The van der Waals surface area contributed by atoms with Gasteiger partial charge in [0.25, 0.3) is 5.91 Å². The zero-order valence-corrected chi connectivity index (χ0v) is 13.1. The Hall–Kier alpha value is -2.47. The Kier molecular flexibility index (Phi) is 5.06. The highest BCUT2D eigenvalue weighted by Gasteiger charge is 2.13. The summed E-state index contributed by atoms with van der Waals surface area (Å²) in [5, 5.41) is 2.92. The molecule has 0 bridgehead atoms. The predicted octanol–water partition coefficient (Wildman–Crippen LogP) is 3.01. The van der Waals surface area contributed by atoms with E-state index in [1.165, 1.54) is 26.4 Å². The molecule has 0 aliphatic heterocycles. The van der Waals surface area contributed by atoms with Crippen molar-refractivity contribution in [1.82, 2.24) is 4.98 Å². The fourth-order valence-electron chi connectivity index (χ4n) is 1.80. The van der Waals surface area contributed by atoms with Crippen LogP contribution < -0.4 is 19.5 Å². The summed E-state index contributed by atoms with van der Waals surface area (Å²) in [6.07, 6.45) is 0. The highest BCUT2D eigenvalue weighted by atomic mass is 35.5. The van der Waals surface area contributed by atoms with Crippen LogP contribution in [0, 0.1) is 0 Å². The normalized spacial score (nSPS) is 10.0. The minimum absolute atomic E-state index is 0.172. The van der Waals surface area contributed by atoms with Crippen LogP contribution in [-0.4, -0.2) is 32.2 Å². The molecule has 0 aliphatic rings. The van der Waals surface area contributed by atoms with Gasteiger partial charge in [-0.1, -0.05) is 11.6 Å². The predicted molar refractivity (Wildman–Crippen MR) is 83.3 cm³/mol. The highest BCUT2D eigenvalue weighted by molar-refractivity contribution is 6.30. The number of anilines is 1. The summed E-state index contributed by atoms with van der Waals surface area (Å²) >= 11 is 5.86. The lowest BCUT2D eigenvalue weighted by atomic mass is 10.2. The van der Waals surface area contributed by atoms with Crippen LogP contribution in [0.4, 0.5) is 5.69 Å². The van der Waals surface area contributed by atoms with Crippen LogP contribution in [0.15, 0.2) is 30.3 Å². The number of nitrogens with one attached hydrogen (secondary N) is 1. The zero-order chi connectivity index (χ0) is 16.1. The van der Waals surface area contributed by atoms with E-state index in [-0.39, 0.29) is 16.9 Å². The lowest BCUT2D eigenvalue weighted by molar-refractivity contribution is 0.102. The molecule has 0 saturated heterocycles. The molecule has 7 heteroatoms. The second-order valence-electron chi connectivity index (χ2n) is 4.24. The second-order valence-corrected chi connectivity index (χ2v) is 4.63. The maximum atomic E-state index is 12.3. The summed E-state index contributed by atoms with van der Waals surface area (Å²) in [7, 11) is 4.52. The third kappa shape index (κ3) is 3.59. The van der Waals surface area contributed by atoms with E-state index in [1.54, 1.807) is 25.3 Å². The van der Waals surface area contributed by atoms with Gasteiger partial charge >= 0.3 is 0 Å². The topological polar surface area (TPSA) is 69.7 Å². The van der Waals surface area contributed by atoms with Crippen molar-refractivity contribution in [2.75, 3.05) is 26.6 Å². The van der Waals surface area contributed by atoms with Crippen molar-refractivity contribution < 1.29 is 19.0 Å². The number of hydrogen-bond donors (Lipinski definition) is 1. The Bertz CT molecular complexity index is 691. The van der Waals surface area contributed by atoms with Gasteiger partial charge in [0.15, 0.2) is 0 Å². The highest BCUT2D eigenvalue weighted by Crippen LogP contribution is 2.29. The van der Waals surface area contributed by atoms with E-state index in [9.17, 15) is 4.79 Å². The minimum Gasteiger partial charge on any atom is -0.497 e. The summed E-state index contributed by atoms with van der Waals surface area (Å²) in [5.74, 6) is 1.02. The van der Waals surface area contributed by atoms with Crippen molar-refractivity contribution in [2.24, 2.45) is 0 Å². The van der Waals surface area contributed by atoms with Crippen LogP contribution in [-0.2, 0) is 0 Å². The summed E-state index contributed by atoms with van der Waals surface area (Å²) < 4.78 is 15.3. The van der Waals surface area contributed by atoms with Crippen LogP contribution in [0.1, 0.15) is 10.4 Å². The second kappa shape index (κ2) is 7.00. The summed E-state index contributed by atoms with van der Waals surface area (Å²) in [6.45, 7) is 0. The molecule has 0 spiro atoms. The molecule has 0 radical (unpaired) electrons. The van der Waals surface area contributed by atoms with Gasteiger partial charge in [-0.25, -0.2) is 4.98 Å². The van der Waals surface area contributed by atoms with Gasteiger partial charge in [-0.3, -0.25) is 4.79 Å².